The van der Waals surface area contributed by atoms with E-state index < -0.39 is 6.04 Å². The average Bonchev–Trinajstić information content (AvgIpc) is 3.28. The zero-order chi connectivity index (χ0) is 24.0. The van der Waals surface area contributed by atoms with E-state index in [0.717, 1.165) is 51.7 Å². The maximum absolute atomic E-state index is 13.5. The second kappa shape index (κ2) is 11.8. The van der Waals surface area contributed by atoms with E-state index in [1.54, 1.807) is 11.9 Å². The van der Waals surface area contributed by atoms with Crippen LogP contribution in [-0.4, -0.2) is 84.3 Å². The van der Waals surface area contributed by atoms with Crippen molar-refractivity contribution in [1.29, 1.82) is 0 Å². The summed E-state index contributed by atoms with van der Waals surface area (Å²) in [6.45, 7) is 12.4. The van der Waals surface area contributed by atoms with Gasteiger partial charge in [-0.15, -0.1) is 0 Å². The molecule has 2 aliphatic rings. The van der Waals surface area contributed by atoms with E-state index in [9.17, 15) is 14.4 Å². The highest BCUT2D eigenvalue weighted by Crippen LogP contribution is 2.20. The summed E-state index contributed by atoms with van der Waals surface area (Å²) >= 11 is 0. The number of carbonyl (C=O) groups excluding carboxylic acids is 3. The van der Waals surface area contributed by atoms with Crippen LogP contribution in [0, 0.1) is 11.8 Å². The molecule has 3 amide bonds. The number of likely N-dealkylation sites (tertiary alicyclic amines) is 2. The molecular formula is C25H44N4O3. The van der Waals surface area contributed by atoms with E-state index in [4.69, 9.17) is 0 Å². The van der Waals surface area contributed by atoms with Crippen LogP contribution in [0.25, 0.3) is 0 Å². The number of rotatable bonds is 8. The molecule has 2 rings (SSSR count). The Morgan fingerprint density at radius 1 is 0.969 bits per heavy atom. The lowest BCUT2D eigenvalue weighted by atomic mass is 9.96. The van der Waals surface area contributed by atoms with Crippen LogP contribution in [0.3, 0.4) is 0 Å². The number of amides is 3. The van der Waals surface area contributed by atoms with Crippen molar-refractivity contribution in [1.82, 2.24) is 20.0 Å². The predicted molar refractivity (Wildman–Crippen MR) is 128 cm³/mol. The van der Waals surface area contributed by atoms with Gasteiger partial charge in [0, 0.05) is 25.7 Å². The van der Waals surface area contributed by atoms with Gasteiger partial charge in [-0.25, -0.2) is 0 Å². The Balaban J connectivity index is 2.14. The number of likely N-dealkylation sites (N-methyl/N-ethyl adjacent to an activating group) is 2. The molecular weight excluding hydrogens is 404 g/mol. The first kappa shape index (κ1) is 26.4. The average molecular weight is 449 g/mol. The first-order chi connectivity index (χ1) is 15.0. The molecule has 2 aliphatic heterocycles. The lowest BCUT2D eigenvalue weighted by Crippen LogP contribution is -2.57. The molecule has 1 N–H and O–H groups in total. The van der Waals surface area contributed by atoms with Crippen molar-refractivity contribution >= 4 is 17.7 Å². The summed E-state index contributed by atoms with van der Waals surface area (Å²) in [6, 6.07) is -0.985. The predicted octanol–water partition coefficient (Wildman–Crippen LogP) is 2.66. The van der Waals surface area contributed by atoms with Gasteiger partial charge in [-0.05, 0) is 58.0 Å². The summed E-state index contributed by atoms with van der Waals surface area (Å²) in [5.74, 6) is -0.0129. The molecule has 0 aromatic carbocycles. The van der Waals surface area contributed by atoms with Gasteiger partial charge in [0.15, 0.2) is 0 Å². The highest BCUT2D eigenvalue weighted by atomic mass is 16.2. The third-order valence-corrected chi connectivity index (χ3v) is 6.93. The minimum absolute atomic E-state index is 0.0353. The van der Waals surface area contributed by atoms with E-state index in [2.05, 4.69) is 24.1 Å². The molecule has 2 unspecified atom stereocenters. The zero-order valence-electron chi connectivity index (χ0n) is 21.2. The molecule has 2 heterocycles. The number of hydrogen-bond acceptors (Lipinski definition) is 4. The number of nitrogens with zero attached hydrogens (tertiary/aromatic N) is 3. The lowest BCUT2D eigenvalue weighted by molar-refractivity contribution is -0.139. The van der Waals surface area contributed by atoms with Crippen LogP contribution in [0.2, 0.25) is 0 Å². The van der Waals surface area contributed by atoms with Crippen LogP contribution < -0.4 is 5.32 Å². The normalized spacial score (nSPS) is 22.2. The van der Waals surface area contributed by atoms with Crippen molar-refractivity contribution in [2.24, 2.45) is 11.8 Å². The Hall–Kier alpha value is -1.89. The van der Waals surface area contributed by atoms with Gasteiger partial charge in [0.05, 0.1) is 12.1 Å². The van der Waals surface area contributed by atoms with Crippen LogP contribution in [0.1, 0.15) is 66.7 Å². The van der Waals surface area contributed by atoms with Crippen LogP contribution in [-0.2, 0) is 14.4 Å². The molecule has 2 fully saturated rings. The number of carbonyl (C=O) groups is 3. The minimum atomic E-state index is -0.591. The van der Waals surface area contributed by atoms with E-state index in [0.29, 0.717) is 5.57 Å². The SMILES string of the molecule is C/C(=C\[C@H](C(C)C)N(C)C(=O)C(NC(=O)C1CCCCN1C)C(C)C)C(=O)N1CCCC1. The molecule has 0 aromatic rings. The van der Waals surface area contributed by atoms with Gasteiger partial charge in [0.25, 0.3) is 0 Å². The summed E-state index contributed by atoms with van der Waals surface area (Å²) in [6.07, 6.45) is 7.00. The van der Waals surface area contributed by atoms with Crippen LogP contribution in [0.5, 0.6) is 0 Å². The number of piperidine rings is 1. The highest BCUT2D eigenvalue weighted by molar-refractivity contribution is 5.93. The summed E-state index contributed by atoms with van der Waals surface area (Å²) < 4.78 is 0. The molecule has 0 aromatic heterocycles. The zero-order valence-corrected chi connectivity index (χ0v) is 21.2. The van der Waals surface area contributed by atoms with Gasteiger partial charge in [0.2, 0.25) is 17.7 Å². The Morgan fingerprint density at radius 3 is 2.09 bits per heavy atom. The third-order valence-electron chi connectivity index (χ3n) is 6.93. The fourth-order valence-corrected chi connectivity index (χ4v) is 4.78. The maximum atomic E-state index is 13.5. The first-order valence-corrected chi connectivity index (χ1v) is 12.3. The third kappa shape index (κ3) is 6.56. The molecule has 182 valence electrons. The van der Waals surface area contributed by atoms with Crippen LogP contribution >= 0.6 is 0 Å². The van der Waals surface area contributed by atoms with Crippen molar-refractivity contribution in [3.05, 3.63) is 11.6 Å². The molecule has 0 saturated carbocycles. The molecule has 0 aliphatic carbocycles. The van der Waals surface area contributed by atoms with Crippen molar-refractivity contribution in [2.45, 2.75) is 84.8 Å². The lowest BCUT2D eigenvalue weighted by Gasteiger charge is -2.36. The van der Waals surface area contributed by atoms with E-state index in [-0.39, 0.29) is 41.6 Å². The molecule has 32 heavy (non-hydrogen) atoms. The van der Waals surface area contributed by atoms with Crippen LogP contribution in [0.4, 0.5) is 0 Å². The maximum Gasteiger partial charge on any atom is 0.249 e. The largest absolute Gasteiger partial charge is 0.343 e. The first-order valence-electron chi connectivity index (χ1n) is 12.3. The van der Waals surface area contributed by atoms with E-state index >= 15 is 0 Å². The van der Waals surface area contributed by atoms with Gasteiger partial charge in [-0.2, -0.15) is 0 Å². The van der Waals surface area contributed by atoms with Gasteiger partial charge in [0.1, 0.15) is 6.04 Å². The minimum Gasteiger partial charge on any atom is -0.343 e. The Morgan fingerprint density at radius 2 is 1.56 bits per heavy atom. The monoisotopic (exact) mass is 448 g/mol. The van der Waals surface area contributed by atoms with Crippen LogP contribution in [0.15, 0.2) is 11.6 Å². The molecule has 0 radical (unpaired) electrons. The summed E-state index contributed by atoms with van der Waals surface area (Å²) in [5, 5.41) is 3.04. The number of hydrogen-bond donors (Lipinski definition) is 1. The van der Waals surface area contributed by atoms with Crippen molar-refractivity contribution in [3.63, 3.8) is 0 Å². The highest BCUT2D eigenvalue weighted by Gasteiger charge is 2.34. The van der Waals surface area contributed by atoms with Gasteiger partial charge < -0.3 is 15.1 Å². The Kier molecular flexibility index (Phi) is 9.74. The molecule has 2 saturated heterocycles. The molecule has 7 heteroatoms. The van der Waals surface area contributed by atoms with Gasteiger partial charge >= 0.3 is 0 Å². The standard InChI is InChI=1S/C25H44N4O3/c1-17(2)21(16-19(5)24(31)29-14-10-11-15-29)28(7)25(32)22(18(3)4)26-23(30)20-12-8-9-13-27(20)6/h16-18,20-22H,8-15H2,1-7H3,(H,26,30)/b19-16+/t20?,21-,22?/m1/s1. The molecule has 7 nitrogen and oxygen atoms in total. The van der Waals surface area contributed by atoms with Crippen molar-refractivity contribution in [2.75, 3.05) is 33.7 Å². The summed E-state index contributed by atoms with van der Waals surface area (Å²) in [4.78, 5) is 45.0. The summed E-state index contributed by atoms with van der Waals surface area (Å²) in [5.41, 5.74) is 0.680. The fourth-order valence-electron chi connectivity index (χ4n) is 4.78. The molecule has 0 spiro atoms. The summed E-state index contributed by atoms with van der Waals surface area (Å²) in [7, 11) is 3.76. The van der Waals surface area contributed by atoms with E-state index in [1.165, 1.54) is 0 Å². The second-order valence-electron chi connectivity index (χ2n) is 10.3. The second-order valence-corrected chi connectivity index (χ2v) is 10.3. The molecule has 3 atom stereocenters. The number of nitrogens with one attached hydrogen (secondary N) is 1. The topological polar surface area (TPSA) is 73.0 Å². The van der Waals surface area contributed by atoms with E-state index in [1.807, 2.05) is 38.8 Å². The Labute approximate surface area is 194 Å². The van der Waals surface area contributed by atoms with Crippen molar-refractivity contribution < 1.29 is 14.4 Å². The van der Waals surface area contributed by atoms with Crippen molar-refractivity contribution in [3.8, 4) is 0 Å². The smallest absolute Gasteiger partial charge is 0.249 e. The quantitative estimate of drug-likeness (QED) is 0.580. The molecule has 0 bridgehead atoms. The van der Waals surface area contributed by atoms with Gasteiger partial charge in [-0.1, -0.05) is 40.2 Å². The Bertz CT molecular complexity index is 697. The van der Waals surface area contributed by atoms with Gasteiger partial charge in [-0.3, -0.25) is 19.3 Å². The fraction of sp³-hybridized carbons (Fsp3) is 0.800.